The van der Waals surface area contributed by atoms with Gasteiger partial charge in [0.2, 0.25) is 0 Å². The summed E-state index contributed by atoms with van der Waals surface area (Å²) in [6, 6.07) is 10.4. The van der Waals surface area contributed by atoms with Crippen LogP contribution in [0.15, 0.2) is 34.7 Å². The van der Waals surface area contributed by atoms with Crippen molar-refractivity contribution in [1.82, 2.24) is 5.32 Å². The monoisotopic (exact) mass is 403 g/mol. The molecule has 0 spiro atoms. The second-order valence-corrected chi connectivity index (χ2v) is 6.55. The number of benzene rings is 1. The van der Waals surface area contributed by atoms with Gasteiger partial charge in [-0.15, -0.1) is 0 Å². The first kappa shape index (κ1) is 15.9. The van der Waals surface area contributed by atoms with Gasteiger partial charge in [-0.25, -0.2) is 0 Å². The Morgan fingerprint density at radius 1 is 1.30 bits per heavy atom. The molecule has 0 amide bonds. The molecule has 1 aromatic heterocycles. The largest absolute Gasteiger partial charge is 0.461 e. The lowest BCUT2D eigenvalue weighted by Crippen LogP contribution is -2.28. The van der Waals surface area contributed by atoms with Crippen LogP contribution < -0.4 is 5.32 Å². The van der Waals surface area contributed by atoms with E-state index < -0.39 is 0 Å². The number of hydrogen-bond acceptors (Lipinski definition) is 2. The molecule has 2 rings (SSSR count). The van der Waals surface area contributed by atoms with Crippen molar-refractivity contribution in [3.8, 4) is 11.3 Å². The molecule has 1 unspecified atom stereocenters. The third-order valence-electron chi connectivity index (χ3n) is 3.11. The zero-order valence-electron chi connectivity index (χ0n) is 11.7. The van der Waals surface area contributed by atoms with Gasteiger partial charge in [0.05, 0.1) is 0 Å². The summed E-state index contributed by atoms with van der Waals surface area (Å²) in [6.45, 7) is 5.40. The summed E-state index contributed by atoms with van der Waals surface area (Å²) >= 11 is 8.27. The highest BCUT2D eigenvalue weighted by atomic mass is 127. The van der Waals surface area contributed by atoms with Crippen molar-refractivity contribution in [2.24, 2.45) is 0 Å². The summed E-state index contributed by atoms with van der Waals surface area (Å²) in [6.07, 6.45) is 2.06. The van der Waals surface area contributed by atoms with Crippen molar-refractivity contribution >= 4 is 34.2 Å². The Morgan fingerprint density at radius 2 is 2.10 bits per heavy atom. The van der Waals surface area contributed by atoms with Crippen molar-refractivity contribution in [2.75, 3.05) is 6.54 Å². The van der Waals surface area contributed by atoms with Crippen molar-refractivity contribution < 1.29 is 4.42 Å². The second-order valence-electron chi connectivity index (χ2n) is 4.95. The van der Waals surface area contributed by atoms with Crippen molar-refractivity contribution in [3.63, 3.8) is 0 Å². The lowest BCUT2D eigenvalue weighted by atomic mass is 10.2. The molecule has 2 aromatic rings. The van der Waals surface area contributed by atoms with Crippen LogP contribution in [0.3, 0.4) is 0 Å². The lowest BCUT2D eigenvalue weighted by Gasteiger charge is -2.11. The molecule has 1 atom stereocenters. The first-order chi connectivity index (χ1) is 9.60. The van der Waals surface area contributed by atoms with E-state index in [0.717, 1.165) is 45.1 Å². The highest BCUT2D eigenvalue weighted by Crippen LogP contribution is 2.29. The molecule has 0 saturated heterocycles. The molecule has 1 aromatic carbocycles. The topological polar surface area (TPSA) is 25.2 Å². The molecule has 1 N–H and O–H groups in total. The van der Waals surface area contributed by atoms with Gasteiger partial charge >= 0.3 is 0 Å². The Balaban J connectivity index is 2.08. The van der Waals surface area contributed by atoms with Gasteiger partial charge in [-0.3, -0.25) is 0 Å². The van der Waals surface area contributed by atoms with Crippen LogP contribution in [0.4, 0.5) is 0 Å². The van der Waals surface area contributed by atoms with Gasteiger partial charge in [0.15, 0.2) is 0 Å². The fraction of sp³-hybridized carbons (Fsp3) is 0.375. The van der Waals surface area contributed by atoms with E-state index in [1.165, 1.54) is 0 Å². The molecular formula is C16H19ClINO. The molecule has 0 aliphatic rings. The summed E-state index contributed by atoms with van der Waals surface area (Å²) in [7, 11) is 0. The Bertz CT molecular complexity index is 567. The van der Waals surface area contributed by atoms with Crippen LogP contribution in [0.1, 0.15) is 26.0 Å². The van der Waals surface area contributed by atoms with E-state index in [1.54, 1.807) is 0 Å². The minimum absolute atomic E-state index is 0.429. The Kier molecular flexibility index (Phi) is 5.93. The van der Waals surface area contributed by atoms with Gasteiger partial charge in [0.25, 0.3) is 0 Å². The van der Waals surface area contributed by atoms with Crippen molar-refractivity contribution in [2.45, 2.75) is 32.7 Å². The fourth-order valence-electron chi connectivity index (χ4n) is 2.09. The van der Waals surface area contributed by atoms with Gasteiger partial charge in [0.1, 0.15) is 11.5 Å². The van der Waals surface area contributed by atoms with Crippen LogP contribution in [0.25, 0.3) is 11.3 Å². The smallest absolute Gasteiger partial charge is 0.135 e. The van der Waals surface area contributed by atoms with E-state index in [4.69, 9.17) is 16.0 Å². The minimum atomic E-state index is 0.429. The summed E-state index contributed by atoms with van der Waals surface area (Å²) in [5.41, 5.74) is 1.09. The highest BCUT2D eigenvalue weighted by Gasteiger charge is 2.10. The van der Waals surface area contributed by atoms with Crippen LogP contribution in [-0.4, -0.2) is 12.6 Å². The molecule has 0 fully saturated rings. The molecule has 0 saturated carbocycles. The number of furan rings is 1. The molecule has 1 heterocycles. The lowest BCUT2D eigenvalue weighted by molar-refractivity contribution is 0.464. The van der Waals surface area contributed by atoms with Gasteiger partial charge in [0, 0.05) is 26.6 Å². The van der Waals surface area contributed by atoms with Gasteiger partial charge in [-0.1, -0.05) is 18.5 Å². The van der Waals surface area contributed by atoms with Crippen molar-refractivity contribution in [1.29, 1.82) is 0 Å². The van der Waals surface area contributed by atoms with E-state index in [1.807, 2.05) is 24.3 Å². The second kappa shape index (κ2) is 7.48. The third-order valence-corrected chi connectivity index (χ3v) is 4.24. The number of nitrogens with one attached hydrogen (secondary N) is 1. The van der Waals surface area contributed by atoms with Gasteiger partial charge < -0.3 is 9.73 Å². The normalized spacial score (nSPS) is 12.6. The van der Waals surface area contributed by atoms with Crippen LogP contribution in [0, 0.1) is 3.57 Å². The number of halogens is 2. The molecule has 2 nitrogen and oxygen atoms in total. The minimum Gasteiger partial charge on any atom is -0.461 e. The average molecular weight is 404 g/mol. The average Bonchev–Trinajstić information content (AvgIpc) is 2.84. The predicted octanol–water partition coefficient (Wildman–Crippen LogP) is 5.14. The van der Waals surface area contributed by atoms with E-state index in [0.29, 0.717) is 6.04 Å². The summed E-state index contributed by atoms with van der Waals surface area (Å²) in [4.78, 5) is 0. The van der Waals surface area contributed by atoms with E-state index in [9.17, 15) is 0 Å². The maximum Gasteiger partial charge on any atom is 0.135 e. The molecule has 0 aliphatic heterocycles. The number of rotatable bonds is 6. The molecular weight excluding hydrogens is 385 g/mol. The standard InChI is InChI=1S/C16H19ClINO/c1-3-8-19-11(2)9-13-5-7-16(20-13)14-6-4-12(17)10-15(14)18/h4-7,10-11,19H,3,8-9H2,1-2H3. The molecule has 0 aliphatic carbocycles. The molecule has 0 bridgehead atoms. The van der Waals surface area contributed by atoms with Gasteiger partial charge in [-0.2, -0.15) is 0 Å². The van der Waals surface area contributed by atoms with Crippen LogP contribution >= 0.6 is 34.2 Å². The Morgan fingerprint density at radius 3 is 2.80 bits per heavy atom. The highest BCUT2D eigenvalue weighted by molar-refractivity contribution is 14.1. The van der Waals surface area contributed by atoms with Crippen LogP contribution in [0.5, 0.6) is 0 Å². The Hall–Kier alpha value is -0.520. The molecule has 108 valence electrons. The number of hydrogen-bond donors (Lipinski definition) is 1. The van der Waals surface area contributed by atoms with Gasteiger partial charge in [-0.05, 0) is 72.8 Å². The molecule has 4 heteroatoms. The zero-order chi connectivity index (χ0) is 14.5. The first-order valence-electron chi connectivity index (χ1n) is 6.87. The fourth-order valence-corrected chi connectivity index (χ4v) is 3.22. The quantitative estimate of drug-likeness (QED) is 0.676. The summed E-state index contributed by atoms with van der Waals surface area (Å²) in [5.74, 6) is 1.92. The Labute approximate surface area is 139 Å². The van der Waals surface area contributed by atoms with Crippen molar-refractivity contribution in [3.05, 3.63) is 44.7 Å². The van der Waals surface area contributed by atoms with E-state index >= 15 is 0 Å². The third kappa shape index (κ3) is 4.24. The SMILES string of the molecule is CCCNC(C)Cc1ccc(-c2ccc(Cl)cc2I)o1. The molecule has 20 heavy (non-hydrogen) atoms. The maximum atomic E-state index is 5.98. The summed E-state index contributed by atoms with van der Waals surface area (Å²) in [5, 5.41) is 4.22. The van der Waals surface area contributed by atoms with Crippen LogP contribution in [0.2, 0.25) is 5.02 Å². The first-order valence-corrected chi connectivity index (χ1v) is 8.33. The van der Waals surface area contributed by atoms with E-state index in [2.05, 4.69) is 47.8 Å². The summed E-state index contributed by atoms with van der Waals surface area (Å²) < 4.78 is 7.06. The predicted molar refractivity (Wildman–Crippen MR) is 93.3 cm³/mol. The van der Waals surface area contributed by atoms with Crippen LogP contribution in [-0.2, 0) is 6.42 Å². The maximum absolute atomic E-state index is 5.98. The van der Waals surface area contributed by atoms with E-state index in [-0.39, 0.29) is 0 Å². The zero-order valence-corrected chi connectivity index (χ0v) is 14.7. The molecule has 0 radical (unpaired) electrons.